The van der Waals surface area contributed by atoms with Gasteiger partial charge >= 0.3 is 0 Å². The van der Waals surface area contributed by atoms with Crippen molar-refractivity contribution in [3.05, 3.63) is 28.2 Å². The molecule has 1 aliphatic heterocycles. The van der Waals surface area contributed by atoms with Crippen LogP contribution in [0.15, 0.2) is 22.7 Å². The second-order valence-corrected chi connectivity index (χ2v) is 6.20. The molecule has 0 aliphatic carbocycles. The number of nitrogens with one attached hydrogen (secondary N) is 1. The Hall–Kier alpha value is -0.700. The van der Waals surface area contributed by atoms with E-state index in [2.05, 4.69) is 27.3 Å². The summed E-state index contributed by atoms with van der Waals surface area (Å²) in [5.41, 5.74) is 0.736. The topological polar surface area (TPSA) is 56.0 Å². The average molecular weight is 313 g/mol. The van der Waals surface area contributed by atoms with Gasteiger partial charge in [0.15, 0.2) is 0 Å². The van der Waals surface area contributed by atoms with Gasteiger partial charge in [-0.3, -0.25) is 0 Å². The van der Waals surface area contributed by atoms with Crippen LogP contribution in [-0.4, -0.2) is 28.8 Å². The molecule has 1 heterocycles. The number of aliphatic hydroxyl groups is 1. The Morgan fingerprint density at radius 3 is 3.06 bits per heavy atom. The Morgan fingerprint density at radius 2 is 2.41 bits per heavy atom. The number of nitrogens with zero attached hydrogens (tertiary/aromatic N) is 1. The molecule has 1 aliphatic rings. The molecular formula is C12H13BrN2OS. The normalized spacial score (nSPS) is 23.4. The summed E-state index contributed by atoms with van der Waals surface area (Å²) in [6.45, 7) is 0.496. The number of anilines is 1. The molecule has 0 aromatic heterocycles. The smallest absolute Gasteiger partial charge is 0.101 e. The monoisotopic (exact) mass is 312 g/mol. The molecule has 1 aromatic rings. The summed E-state index contributed by atoms with van der Waals surface area (Å²) in [6.07, 6.45) is 0.809. The van der Waals surface area contributed by atoms with Crippen LogP contribution in [0.25, 0.3) is 0 Å². The predicted molar refractivity (Wildman–Crippen MR) is 74.2 cm³/mol. The summed E-state index contributed by atoms with van der Waals surface area (Å²) < 4.78 is 0.884. The van der Waals surface area contributed by atoms with E-state index in [1.807, 2.05) is 12.1 Å². The molecule has 1 atom stereocenters. The lowest BCUT2D eigenvalue weighted by Crippen LogP contribution is -2.36. The minimum atomic E-state index is -0.634. The fraction of sp³-hybridized carbons (Fsp3) is 0.417. The van der Waals surface area contributed by atoms with Gasteiger partial charge in [0.1, 0.15) is 6.07 Å². The fourth-order valence-corrected chi connectivity index (χ4v) is 3.41. The van der Waals surface area contributed by atoms with Crippen LogP contribution < -0.4 is 5.32 Å². The second-order valence-electron chi connectivity index (χ2n) is 4.18. The largest absolute Gasteiger partial charge is 0.387 e. The van der Waals surface area contributed by atoms with Crippen LogP contribution >= 0.6 is 27.7 Å². The van der Waals surface area contributed by atoms with Crippen molar-refractivity contribution in [2.45, 2.75) is 12.0 Å². The maximum atomic E-state index is 10.2. The predicted octanol–water partition coefficient (Wildman–Crippen LogP) is 2.60. The molecule has 0 spiro atoms. The third kappa shape index (κ3) is 3.15. The molecule has 1 saturated heterocycles. The maximum absolute atomic E-state index is 10.2. The molecule has 1 fully saturated rings. The van der Waals surface area contributed by atoms with Crippen molar-refractivity contribution < 1.29 is 5.11 Å². The number of thioether (sulfide) groups is 1. The van der Waals surface area contributed by atoms with Crippen LogP contribution in [0.2, 0.25) is 0 Å². The van der Waals surface area contributed by atoms with E-state index in [4.69, 9.17) is 5.26 Å². The molecule has 5 heteroatoms. The van der Waals surface area contributed by atoms with Gasteiger partial charge in [0.2, 0.25) is 0 Å². The molecule has 0 saturated carbocycles. The lowest BCUT2D eigenvalue weighted by atomic mass is 10.0. The van der Waals surface area contributed by atoms with E-state index >= 15 is 0 Å². The lowest BCUT2D eigenvalue weighted by Gasteiger charge is -2.22. The van der Waals surface area contributed by atoms with Crippen molar-refractivity contribution in [3.63, 3.8) is 0 Å². The van der Waals surface area contributed by atoms with Crippen molar-refractivity contribution in [1.29, 1.82) is 5.26 Å². The third-order valence-corrected chi connectivity index (χ3v) is 4.52. The number of rotatable bonds is 3. The van der Waals surface area contributed by atoms with Gasteiger partial charge in [-0.25, -0.2) is 0 Å². The van der Waals surface area contributed by atoms with Gasteiger partial charge in [-0.2, -0.15) is 17.0 Å². The zero-order valence-electron chi connectivity index (χ0n) is 9.24. The Bertz CT molecular complexity index is 452. The second kappa shape index (κ2) is 5.30. The maximum Gasteiger partial charge on any atom is 0.101 e. The average Bonchev–Trinajstić information content (AvgIpc) is 2.75. The summed E-state index contributed by atoms with van der Waals surface area (Å²) in [6, 6.07) is 7.66. The van der Waals surface area contributed by atoms with Crippen molar-refractivity contribution >= 4 is 33.4 Å². The van der Waals surface area contributed by atoms with Crippen LogP contribution in [0.5, 0.6) is 0 Å². The highest BCUT2D eigenvalue weighted by Gasteiger charge is 2.31. The van der Waals surface area contributed by atoms with Gasteiger partial charge in [-0.05, 0) is 30.4 Å². The van der Waals surface area contributed by atoms with Crippen molar-refractivity contribution in [2.75, 3.05) is 23.4 Å². The van der Waals surface area contributed by atoms with Crippen molar-refractivity contribution in [3.8, 4) is 6.07 Å². The van der Waals surface area contributed by atoms with E-state index in [1.165, 1.54) is 0 Å². The van der Waals surface area contributed by atoms with Crippen LogP contribution in [0, 0.1) is 11.3 Å². The van der Waals surface area contributed by atoms with Crippen LogP contribution in [-0.2, 0) is 0 Å². The van der Waals surface area contributed by atoms with E-state index in [0.717, 1.165) is 28.1 Å². The minimum absolute atomic E-state index is 0.496. The van der Waals surface area contributed by atoms with Crippen molar-refractivity contribution in [2.24, 2.45) is 0 Å². The lowest BCUT2D eigenvalue weighted by molar-refractivity contribution is 0.0820. The number of nitriles is 1. The Kier molecular flexibility index (Phi) is 3.97. The molecule has 90 valence electrons. The first-order valence-electron chi connectivity index (χ1n) is 5.37. The van der Waals surface area contributed by atoms with E-state index in [9.17, 15) is 5.11 Å². The van der Waals surface area contributed by atoms with E-state index in [-0.39, 0.29) is 0 Å². The number of hydrogen-bond donors (Lipinski definition) is 2. The molecule has 2 N–H and O–H groups in total. The van der Waals surface area contributed by atoms with Gasteiger partial charge in [-0.15, -0.1) is 0 Å². The highest BCUT2D eigenvalue weighted by molar-refractivity contribution is 9.10. The SMILES string of the molecule is N#Cc1cc(Br)ccc1NCC1(O)CCSC1. The van der Waals surface area contributed by atoms with Gasteiger partial charge in [0, 0.05) is 16.8 Å². The summed E-state index contributed by atoms with van der Waals surface area (Å²) in [5.74, 6) is 1.77. The molecule has 0 amide bonds. The number of hydrogen-bond acceptors (Lipinski definition) is 4. The molecule has 0 radical (unpaired) electrons. The fourth-order valence-electron chi connectivity index (χ4n) is 1.76. The summed E-state index contributed by atoms with van der Waals surface area (Å²) in [7, 11) is 0. The highest BCUT2D eigenvalue weighted by Crippen LogP contribution is 2.29. The highest BCUT2D eigenvalue weighted by atomic mass is 79.9. The molecule has 3 nitrogen and oxygen atoms in total. The Balaban J connectivity index is 2.06. The minimum Gasteiger partial charge on any atom is -0.387 e. The van der Waals surface area contributed by atoms with Crippen LogP contribution in [0.4, 0.5) is 5.69 Å². The van der Waals surface area contributed by atoms with Crippen LogP contribution in [0.3, 0.4) is 0 Å². The van der Waals surface area contributed by atoms with Gasteiger partial charge < -0.3 is 10.4 Å². The first-order valence-corrected chi connectivity index (χ1v) is 7.31. The van der Waals surface area contributed by atoms with Gasteiger partial charge in [0.25, 0.3) is 0 Å². The summed E-state index contributed by atoms with van der Waals surface area (Å²) in [5, 5.41) is 22.4. The van der Waals surface area contributed by atoms with E-state index in [0.29, 0.717) is 12.1 Å². The van der Waals surface area contributed by atoms with E-state index in [1.54, 1.807) is 17.8 Å². The Morgan fingerprint density at radius 1 is 1.59 bits per heavy atom. The molecular weight excluding hydrogens is 300 g/mol. The zero-order chi connectivity index (χ0) is 12.3. The number of halogens is 1. The third-order valence-electron chi connectivity index (χ3n) is 2.79. The van der Waals surface area contributed by atoms with Gasteiger partial charge in [0.05, 0.1) is 16.9 Å². The molecule has 0 bridgehead atoms. The number of benzene rings is 1. The molecule has 17 heavy (non-hydrogen) atoms. The summed E-state index contributed by atoms with van der Waals surface area (Å²) in [4.78, 5) is 0. The first-order chi connectivity index (χ1) is 8.13. The van der Waals surface area contributed by atoms with Gasteiger partial charge in [-0.1, -0.05) is 15.9 Å². The summed E-state index contributed by atoms with van der Waals surface area (Å²) >= 11 is 5.10. The molecule has 1 unspecified atom stereocenters. The Labute approximate surface area is 113 Å². The van der Waals surface area contributed by atoms with E-state index < -0.39 is 5.60 Å². The van der Waals surface area contributed by atoms with Crippen LogP contribution in [0.1, 0.15) is 12.0 Å². The standard InChI is InChI=1S/C12H13BrN2OS/c13-10-1-2-11(9(5-10)6-14)15-7-12(16)3-4-17-8-12/h1-2,5,15-16H,3-4,7-8H2. The molecule has 1 aromatic carbocycles. The zero-order valence-corrected chi connectivity index (χ0v) is 11.6. The molecule has 2 rings (SSSR count). The quantitative estimate of drug-likeness (QED) is 0.900. The van der Waals surface area contributed by atoms with Crippen molar-refractivity contribution in [1.82, 2.24) is 0 Å². The first kappa shape index (κ1) is 12.7.